The summed E-state index contributed by atoms with van der Waals surface area (Å²) in [5, 5.41) is 8.46. The Bertz CT molecular complexity index is 123. The standard InChI is InChI=1S/C9H16O/c1-3-6-9(4-2)7-5-8-10/h5-7,10H,3-4,8H2,1-2H3. The Labute approximate surface area is 63.1 Å². The van der Waals surface area contributed by atoms with E-state index in [1.54, 1.807) is 6.08 Å². The van der Waals surface area contributed by atoms with Crippen molar-refractivity contribution in [1.82, 2.24) is 0 Å². The Morgan fingerprint density at radius 1 is 1.40 bits per heavy atom. The molecule has 0 fully saturated rings. The van der Waals surface area contributed by atoms with E-state index in [0.717, 1.165) is 12.8 Å². The largest absolute Gasteiger partial charge is 0.392 e. The Hall–Kier alpha value is -0.560. The quantitative estimate of drug-likeness (QED) is 0.594. The van der Waals surface area contributed by atoms with Crippen LogP contribution in [-0.4, -0.2) is 11.7 Å². The molecule has 0 aliphatic rings. The minimum atomic E-state index is 0.140. The first-order chi connectivity index (χ1) is 4.85. The molecule has 0 heterocycles. The van der Waals surface area contributed by atoms with Crippen LogP contribution in [0.2, 0.25) is 0 Å². The molecule has 0 saturated carbocycles. The van der Waals surface area contributed by atoms with Gasteiger partial charge < -0.3 is 5.11 Å². The fourth-order valence-corrected chi connectivity index (χ4v) is 0.796. The molecule has 0 spiro atoms. The van der Waals surface area contributed by atoms with Gasteiger partial charge >= 0.3 is 0 Å². The lowest BCUT2D eigenvalue weighted by atomic mass is 10.1. The van der Waals surface area contributed by atoms with Gasteiger partial charge in [-0.15, -0.1) is 0 Å². The molecular weight excluding hydrogens is 124 g/mol. The van der Waals surface area contributed by atoms with E-state index in [0.29, 0.717) is 0 Å². The van der Waals surface area contributed by atoms with Crippen LogP contribution in [0.15, 0.2) is 23.8 Å². The van der Waals surface area contributed by atoms with Crippen molar-refractivity contribution in [1.29, 1.82) is 0 Å². The van der Waals surface area contributed by atoms with Gasteiger partial charge in [0.2, 0.25) is 0 Å². The van der Waals surface area contributed by atoms with Gasteiger partial charge in [-0.25, -0.2) is 0 Å². The second-order valence-corrected chi connectivity index (χ2v) is 2.13. The Morgan fingerprint density at radius 3 is 2.50 bits per heavy atom. The van der Waals surface area contributed by atoms with E-state index in [1.165, 1.54) is 5.57 Å². The lowest BCUT2D eigenvalue weighted by Crippen LogP contribution is -1.76. The van der Waals surface area contributed by atoms with Crippen LogP contribution in [0.25, 0.3) is 0 Å². The fraction of sp³-hybridized carbons (Fsp3) is 0.556. The van der Waals surface area contributed by atoms with E-state index in [4.69, 9.17) is 5.11 Å². The molecule has 0 rings (SSSR count). The van der Waals surface area contributed by atoms with E-state index >= 15 is 0 Å². The molecule has 58 valence electrons. The molecule has 0 atom stereocenters. The number of hydrogen-bond acceptors (Lipinski definition) is 1. The van der Waals surface area contributed by atoms with Crippen molar-refractivity contribution in [2.45, 2.75) is 26.7 Å². The van der Waals surface area contributed by atoms with Gasteiger partial charge in [-0.1, -0.05) is 37.6 Å². The average Bonchev–Trinajstić information content (AvgIpc) is 1.98. The lowest BCUT2D eigenvalue weighted by Gasteiger charge is -1.93. The second-order valence-electron chi connectivity index (χ2n) is 2.13. The van der Waals surface area contributed by atoms with Crippen LogP contribution in [0.1, 0.15) is 26.7 Å². The van der Waals surface area contributed by atoms with E-state index in [1.807, 2.05) is 6.08 Å². The first-order valence-electron chi connectivity index (χ1n) is 3.81. The van der Waals surface area contributed by atoms with Crippen LogP contribution in [0.5, 0.6) is 0 Å². The predicted octanol–water partition coefficient (Wildman–Crippen LogP) is 2.28. The van der Waals surface area contributed by atoms with Crippen LogP contribution >= 0.6 is 0 Å². The van der Waals surface area contributed by atoms with Crippen LogP contribution in [0, 0.1) is 0 Å². The maximum atomic E-state index is 8.46. The zero-order chi connectivity index (χ0) is 7.82. The third kappa shape index (κ3) is 4.33. The normalized spacial score (nSPS) is 12.9. The molecule has 0 amide bonds. The maximum Gasteiger partial charge on any atom is 0.0615 e. The van der Waals surface area contributed by atoms with Crippen LogP contribution < -0.4 is 0 Å². The van der Waals surface area contributed by atoms with Gasteiger partial charge in [-0.05, 0) is 12.8 Å². The van der Waals surface area contributed by atoms with E-state index in [-0.39, 0.29) is 6.61 Å². The lowest BCUT2D eigenvalue weighted by molar-refractivity contribution is 0.342. The summed E-state index contributed by atoms with van der Waals surface area (Å²) in [5.74, 6) is 0. The van der Waals surface area contributed by atoms with Crippen molar-refractivity contribution in [2.75, 3.05) is 6.61 Å². The first-order valence-corrected chi connectivity index (χ1v) is 3.81. The second kappa shape index (κ2) is 6.56. The molecular formula is C9H16O. The summed E-state index contributed by atoms with van der Waals surface area (Å²) in [6, 6.07) is 0. The predicted molar refractivity (Wildman–Crippen MR) is 44.9 cm³/mol. The first kappa shape index (κ1) is 9.44. The highest BCUT2D eigenvalue weighted by Gasteiger charge is 1.83. The molecule has 1 heteroatoms. The molecule has 10 heavy (non-hydrogen) atoms. The van der Waals surface area contributed by atoms with Crippen molar-refractivity contribution >= 4 is 0 Å². The molecule has 0 aromatic carbocycles. The van der Waals surface area contributed by atoms with Gasteiger partial charge in [0, 0.05) is 0 Å². The molecule has 1 N–H and O–H groups in total. The van der Waals surface area contributed by atoms with Gasteiger partial charge in [-0.2, -0.15) is 0 Å². The van der Waals surface area contributed by atoms with Gasteiger partial charge in [0.15, 0.2) is 0 Å². The molecule has 0 unspecified atom stereocenters. The highest BCUT2D eigenvalue weighted by Crippen LogP contribution is 2.02. The average molecular weight is 140 g/mol. The van der Waals surface area contributed by atoms with E-state index in [9.17, 15) is 0 Å². The number of hydrogen-bond donors (Lipinski definition) is 1. The number of aliphatic hydroxyl groups is 1. The van der Waals surface area contributed by atoms with Crippen molar-refractivity contribution in [3.63, 3.8) is 0 Å². The zero-order valence-electron chi connectivity index (χ0n) is 6.80. The summed E-state index contributed by atoms with van der Waals surface area (Å²) < 4.78 is 0. The van der Waals surface area contributed by atoms with Crippen molar-refractivity contribution in [3.8, 4) is 0 Å². The molecule has 0 radical (unpaired) electrons. The summed E-state index contributed by atoms with van der Waals surface area (Å²) in [4.78, 5) is 0. The van der Waals surface area contributed by atoms with Crippen molar-refractivity contribution in [3.05, 3.63) is 23.8 Å². The summed E-state index contributed by atoms with van der Waals surface area (Å²) in [6.07, 6.45) is 8.03. The van der Waals surface area contributed by atoms with Crippen molar-refractivity contribution in [2.24, 2.45) is 0 Å². The van der Waals surface area contributed by atoms with Gasteiger partial charge in [0.25, 0.3) is 0 Å². The molecule has 0 aromatic heterocycles. The Morgan fingerprint density at radius 2 is 2.10 bits per heavy atom. The highest BCUT2D eigenvalue weighted by molar-refractivity contribution is 5.17. The topological polar surface area (TPSA) is 20.2 Å². The third-order valence-corrected chi connectivity index (χ3v) is 1.31. The molecule has 0 aliphatic heterocycles. The number of rotatable bonds is 4. The third-order valence-electron chi connectivity index (χ3n) is 1.31. The Balaban J connectivity index is 3.82. The Kier molecular flexibility index (Phi) is 6.19. The molecule has 0 aromatic rings. The van der Waals surface area contributed by atoms with E-state index in [2.05, 4.69) is 19.9 Å². The smallest absolute Gasteiger partial charge is 0.0615 e. The minimum absolute atomic E-state index is 0.140. The summed E-state index contributed by atoms with van der Waals surface area (Å²) >= 11 is 0. The van der Waals surface area contributed by atoms with Crippen LogP contribution in [0.3, 0.4) is 0 Å². The number of aliphatic hydroxyl groups excluding tert-OH is 1. The SMILES string of the molecule is CCC=C(C=CCO)CC. The van der Waals surface area contributed by atoms with Gasteiger partial charge in [0.1, 0.15) is 0 Å². The summed E-state index contributed by atoms with van der Waals surface area (Å²) in [7, 11) is 0. The summed E-state index contributed by atoms with van der Waals surface area (Å²) in [5.41, 5.74) is 1.30. The van der Waals surface area contributed by atoms with E-state index < -0.39 is 0 Å². The van der Waals surface area contributed by atoms with Gasteiger partial charge in [-0.3, -0.25) is 0 Å². The van der Waals surface area contributed by atoms with Crippen molar-refractivity contribution < 1.29 is 5.11 Å². The summed E-state index contributed by atoms with van der Waals surface area (Å²) in [6.45, 7) is 4.37. The van der Waals surface area contributed by atoms with Crippen LogP contribution in [0.4, 0.5) is 0 Å². The number of allylic oxidation sites excluding steroid dienone is 3. The molecule has 0 aliphatic carbocycles. The highest BCUT2D eigenvalue weighted by atomic mass is 16.2. The van der Waals surface area contributed by atoms with Crippen LogP contribution in [-0.2, 0) is 0 Å². The maximum absolute atomic E-state index is 8.46. The molecule has 1 nitrogen and oxygen atoms in total. The monoisotopic (exact) mass is 140 g/mol. The van der Waals surface area contributed by atoms with Gasteiger partial charge in [0.05, 0.1) is 6.61 Å². The molecule has 0 bridgehead atoms. The fourth-order valence-electron chi connectivity index (χ4n) is 0.796. The minimum Gasteiger partial charge on any atom is -0.392 e. The zero-order valence-corrected chi connectivity index (χ0v) is 6.80. The molecule has 0 saturated heterocycles.